The number of amides is 1. The van der Waals surface area contributed by atoms with Crippen molar-refractivity contribution in [3.8, 4) is 17.2 Å². The molecule has 1 heterocycles. The molecule has 142 valence electrons. The SMILES string of the molecule is COc1ccc([C@@H]2Nc3ccccc3C(=O)N2c2ccccc2OC)cc1O. The molecule has 0 aliphatic carbocycles. The summed E-state index contributed by atoms with van der Waals surface area (Å²) in [5, 5.41) is 13.7. The third-order valence-electron chi connectivity index (χ3n) is 4.79. The van der Waals surface area contributed by atoms with Crippen molar-refractivity contribution in [3.63, 3.8) is 0 Å². The third kappa shape index (κ3) is 2.89. The smallest absolute Gasteiger partial charge is 0.262 e. The molecular formula is C22H20N2O4. The molecule has 0 radical (unpaired) electrons. The molecule has 3 aromatic rings. The van der Waals surface area contributed by atoms with Gasteiger partial charge in [-0.1, -0.05) is 30.3 Å². The Labute approximate surface area is 162 Å². The third-order valence-corrected chi connectivity index (χ3v) is 4.79. The molecule has 6 nitrogen and oxygen atoms in total. The van der Waals surface area contributed by atoms with E-state index in [0.717, 1.165) is 5.69 Å². The number of hydrogen-bond donors (Lipinski definition) is 2. The molecule has 6 heteroatoms. The Hall–Kier alpha value is -3.67. The van der Waals surface area contributed by atoms with E-state index in [2.05, 4.69) is 5.32 Å². The first-order valence-electron chi connectivity index (χ1n) is 8.83. The molecule has 1 amide bonds. The van der Waals surface area contributed by atoms with E-state index in [1.807, 2.05) is 48.5 Å². The maximum atomic E-state index is 13.4. The second-order valence-corrected chi connectivity index (χ2v) is 6.37. The van der Waals surface area contributed by atoms with Crippen LogP contribution in [0.15, 0.2) is 66.7 Å². The van der Waals surface area contributed by atoms with Gasteiger partial charge in [-0.25, -0.2) is 0 Å². The minimum atomic E-state index is -0.532. The number of anilines is 2. The molecule has 0 aromatic heterocycles. The second kappa shape index (κ2) is 7.15. The summed E-state index contributed by atoms with van der Waals surface area (Å²) in [5.41, 5.74) is 2.66. The van der Waals surface area contributed by atoms with Gasteiger partial charge in [0.2, 0.25) is 0 Å². The van der Waals surface area contributed by atoms with E-state index in [4.69, 9.17) is 9.47 Å². The summed E-state index contributed by atoms with van der Waals surface area (Å²) in [6.45, 7) is 0. The lowest BCUT2D eigenvalue weighted by Crippen LogP contribution is -2.43. The highest BCUT2D eigenvalue weighted by atomic mass is 16.5. The Kier molecular flexibility index (Phi) is 4.53. The van der Waals surface area contributed by atoms with Gasteiger partial charge in [-0.3, -0.25) is 9.69 Å². The highest BCUT2D eigenvalue weighted by Gasteiger charge is 2.35. The molecule has 3 aromatic carbocycles. The Morgan fingerprint density at radius 1 is 0.929 bits per heavy atom. The van der Waals surface area contributed by atoms with E-state index in [1.165, 1.54) is 7.11 Å². The number of nitrogens with one attached hydrogen (secondary N) is 1. The van der Waals surface area contributed by atoms with Gasteiger partial charge in [0.05, 0.1) is 25.5 Å². The number of methoxy groups -OCH3 is 2. The normalized spacial score (nSPS) is 15.6. The predicted molar refractivity (Wildman–Crippen MR) is 107 cm³/mol. The van der Waals surface area contributed by atoms with Crippen LogP contribution in [0.2, 0.25) is 0 Å². The van der Waals surface area contributed by atoms with Crippen LogP contribution < -0.4 is 19.7 Å². The average molecular weight is 376 g/mol. The van der Waals surface area contributed by atoms with Crippen molar-refractivity contribution in [1.29, 1.82) is 0 Å². The largest absolute Gasteiger partial charge is 0.504 e. The zero-order chi connectivity index (χ0) is 19.7. The summed E-state index contributed by atoms with van der Waals surface area (Å²) in [6.07, 6.45) is -0.532. The van der Waals surface area contributed by atoms with Gasteiger partial charge in [-0.15, -0.1) is 0 Å². The van der Waals surface area contributed by atoms with Gasteiger partial charge in [-0.2, -0.15) is 0 Å². The summed E-state index contributed by atoms with van der Waals surface area (Å²) in [7, 11) is 3.07. The van der Waals surface area contributed by atoms with Crippen LogP contribution in [0.4, 0.5) is 11.4 Å². The molecule has 28 heavy (non-hydrogen) atoms. The van der Waals surface area contributed by atoms with Crippen molar-refractivity contribution >= 4 is 17.3 Å². The maximum Gasteiger partial charge on any atom is 0.262 e. The lowest BCUT2D eigenvalue weighted by molar-refractivity contribution is 0.0974. The van der Waals surface area contributed by atoms with Gasteiger partial charge in [0, 0.05) is 5.69 Å². The standard InChI is InChI=1S/C22H20N2O4/c1-27-19-10-6-5-9-17(19)24-21(14-11-12-20(28-2)18(25)13-14)23-16-8-4-3-7-15(16)22(24)26/h3-13,21,23,25H,1-2H3/t21-/m1/s1. The zero-order valence-electron chi connectivity index (χ0n) is 15.5. The first-order valence-corrected chi connectivity index (χ1v) is 8.83. The maximum absolute atomic E-state index is 13.4. The Balaban J connectivity index is 1.89. The predicted octanol–water partition coefficient (Wildman–Crippen LogP) is 4.18. The van der Waals surface area contributed by atoms with Crippen LogP contribution in [-0.4, -0.2) is 25.2 Å². The van der Waals surface area contributed by atoms with Gasteiger partial charge >= 0.3 is 0 Å². The molecule has 2 N–H and O–H groups in total. The molecule has 0 saturated heterocycles. The number of aromatic hydroxyl groups is 1. The minimum absolute atomic E-state index is 0.00749. The fourth-order valence-electron chi connectivity index (χ4n) is 3.44. The fourth-order valence-corrected chi connectivity index (χ4v) is 3.44. The highest BCUT2D eigenvalue weighted by molar-refractivity contribution is 6.12. The zero-order valence-corrected chi connectivity index (χ0v) is 15.5. The topological polar surface area (TPSA) is 71.0 Å². The van der Waals surface area contributed by atoms with Crippen molar-refractivity contribution in [2.45, 2.75) is 6.17 Å². The van der Waals surface area contributed by atoms with Crippen molar-refractivity contribution in [2.75, 3.05) is 24.4 Å². The van der Waals surface area contributed by atoms with Crippen LogP contribution in [0.5, 0.6) is 17.2 Å². The number of hydrogen-bond acceptors (Lipinski definition) is 5. The van der Waals surface area contributed by atoms with Gasteiger partial charge in [-0.05, 0) is 42.0 Å². The Morgan fingerprint density at radius 2 is 1.64 bits per heavy atom. The molecule has 1 aliphatic heterocycles. The number of rotatable bonds is 4. The van der Waals surface area contributed by atoms with Crippen molar-refractivity contribution in [2.24, 2.45) is 0 Å². The molecule has 0 spiro atoms. The number of phenols is 1. The van der Waals surface area contributed by atoms with E-state index in [0.29, 0.717) is 28.3 Å². The van der Waals surface area contributed by atoms with E-state index in [1.54, 1.807) is 30.2 Å². The van der Waals surface area contributed by atoms with Crippen LogP contribution in [0.25, 0.3) is 0 Å². The van der Waals surface area contributed by atoms with Crippen LogP contribution in [0.3, 0.4) is 0 Å². The van der Waals surface area contributed by atoms with Crippen molar-refractivity contribution in [3.05, 3.63) is 77.9 Å². The van der Waals surface area contributed by atoms with Crippen LogP contribution in [0.1, 0.15) is 22.1 Å². The highest BCUT2D eigenvalue weighted by Crippen LogP contribution is 2.41. The molecule has 0 unspecified atom stereocenters. The number of nitrogens with zero attached hydrogens (tertiary/aromatic N) is 1. The van der Waals surface area contributed by atoms with Gasteiger partial charge in [0.15, 0.2) is 11.5 Å². The van der Waals surface area contributed by atoms with E-state index in [9.17, 15) is 9.90 Å². The molecular weight excluding hydrogens is 356 g/mol. The molecule has 0 saturated carbocycles. The Bertz CT molecular complexity index is 1030. The average Bonchev–Trinajstić information content (AvgIpc) is 2.73. The number of phenolic OH excluding ortho intramolecular Hbond substituents is 1. The quantitative estimate of drug-likeness (QED) is 0.715. The molecule has 1 atom stereocenters. The fraction of sp³-hybridized carbons (Fsp3) is 0.136. The monoisotopic (exact) mass is 376 g/mol. The summed E-state index contributed by atoms with van der Waals surface area (Å²) < 4.78 is 10.6. The van der Waals surface area contributed by atoms with Gasteiger partial charge < -0.3 is 19.9 Å². The first kappa shape index (κ1) is 17.7. The number of para-hydroxylation sites is 3. The van der Waals surface area contributed by atoms with Crippen LogP contribution >= 0.6 is 0 Å². The lowest BCUT2D eigenvalue weighted by atomic mass is 10.0. The van der Waals surface area contributed by atoms with Gasteiger partial charge in [0.1, 0.15) is 11.9 Å². The van der Waals surface area contributed by atoms with E-state index in [-0.39, 0.29) is 11.7 Å². The van der Waals surface area contributed by atoms with Crippen LogP contribution in [-0.2, 0) is 0 Å². The van der Waals surface area contributed by atoms with E-state index >= 15 is 0 Å². The van der Waals surface area contributed by atoms with E-state index < -0.39 is 6.17 Å². The summed E-state index contributed by atoms with van der Waals surface area (Å²) in [6, 6.07) is 19.8. The second-order valence-electron chi connectivity index (χ2n) is 6.37. The minimum Gasteiger partial charge on any atom is -0.504 e. The number of carbonyl (C=O) groups is 1. The van der Waals surface area contributed by atoms with Gasteiger partial charge in [0.25, 0.3) is 5.91 Å². The van der Waals surface area contributed by atoms with Crippen molar-refractivity contribution in [1.82, 2.24) is 0 Å². The molecule has 4 rings (SSSR count). The molecule has 0 bridgehead atoms. The number of carbonyl (C=O) groups excluding carboxylic acids is 1. The Morgan fingerprint density at radius 3 is 2.39 bits per heavy atom. The van der Waals surface area contributed by atoms with Crippen molar-refractivity contribution < 1.29 is 19.4 Å². The summed E-state index contributed by atoms with van der Waals surface area (Å²) >= 11 is 0. The number of benzene rings is 3. The molecule has 0 fully saturated rings. The molecule has 1 aliphatic rings. The number of ether oxygens (including phenoxy) is 2. The lowest BCUT2D eigenvalue weighted by Gasteiger charge is -2.38. The number of fused-ring (bicyclic) bond motifs is 1. The summed E-state index contributed by atoms with van der Waals surface area (Å²) in [4.78, 5) is 15.1. The summed E-state index contributed by atoms with van der Waals surface area (Å²) in [5.74, 6) is 0.808. The van der Waals surface area contributed by atoms with Crippen LogP contribution in [0, 0.1) is 0 Å². The first-order chi connectivity index (χ1) is 13.6.